The van der Waals surface area contributed by atoms with Crippen molar-refractivity contribution in [3.05, 3.63) is 22.7 Å². The first kappa shape index (κ1) is 19.0. The first-order valence-corrected chi connectivity index (χ1v) is 10.2. The lowest BCUT2D eigenvalue weighted by molar-refractivity contribution is -0.121. The van der Waals surface area contributed by atoms with Crippen molar-refractivity contribution in [2.24, 2.45) is 5.92 Å². The van der Waals surface area contributed by atoms with E-state index in [0.717, 1.165) is 24.6 Å². The first-order valence-electron chi connectivity index (χ1n) is 9.31. The molecule has 0 saturated carbocycles. The molecular weight excluding hydrogens is 348 g/mol. The SMILES string of the molecule is CC1CCCN(C(C)(C)CNC(=O)CCc2nnc(-c3ccsc3)o2)C1. The van der Waals surface area contributed by atoms with Crippen LogP contribution in [0.4, 0.5) is 0 Å². The van der Waals surface area contributed by atoms with Crippen LogP contribution in [-0.2, 0) is 11.2 Å². The van der Waals surface area contributed by atoms with Crippen LogP contribution in [0.1, 0.15) is 45.9 Å². The lowest BCUT2D eigenvalue weighted by Crippen LogP contribution is -2.54. The van der Waals surface area contributed by atoms with Crippen LogP contribution in [0.25, 0.3) is 11.5 Å². The molecule has 6 nitrogen and oxygen atoms in total. The van der Waals surface area contributed by atoms with E-state index in [-0.39, 0.29) is 11.4 Å². The molecule has 1 unspecified atom stereocenters. The molecule has 3 heterocycles. The van der Waals surface area contributed by atoms with Gasteiger partial charge in [0.1, 0.15) is 0 Å². The number of hydrogen-bond donors (Lipinski definition) is 1. The molecule has 1 amide bonds. The van der Waals surface area contributed by atoms with Gasteiger partial charge in [-0.2, -0.15) is 11.3 Å². The fourth-order valence-electron chi connectivity index (χ4n) is 3.33. The second-order valence-corrected chi connectivity index (χ2v) is 8.58. The van der Waals surface area contributed by atoms with E-state index in [1.165, 1.54) is 12.8 Å². The molecule has 1 fully saturated rings. The van der Waals surface area contributed by atoms with Crippen molar-refractivity contribution in [2.45, 2.75) is 52.0 Å². The number of nitrogens with zero attached hydrogens (tertiary/aromatic N) is 3. The Balaban J connectivity index is 1.44. The van der Waals surface area contributed by atoms with Crippen LogP contribution < -0.4 is 5.32 Å². The lowest BCUT2D eigenvalue weighted by Gasteiger charge is -2.43. The molecule has 1 aliphatic rings. The highest BCUT2D eigenvalue weighted by Crippen LogP contribution is 2.23. The Morgan fingerprint density at radius 2 is 2.31 bits per heavy atom. The van der Waals surface area contributed by atoms with Crippen LogP contribution in [0.5, 0.6) is 0 Å². The Labute approximate surface area is 159 Å². The molecule has 0 bridgehead atoms. The van der Waals surface area contributed by atoms with Crippen molar-refractivity contribution in [1.82, 2.24) is 20.4 Å². The van der Waals surface area contributed by atoms with E-state index < -0.39 is 0 Å². The van der Waals surface area contributed by atoms with Crippen LogP contribution in [0.15, 0.2) is 21.2 Å². The number of likely N-dealkylation sites (tertiary alicyclic amines) is 1. The van der Waals surface area contributed by atoms with E-state index in [4.69, 9.17) is 4.42 Å². The van der Waals surface area contributed by atoms with E-state index in [1.54, 1.807) is 11.3 Å². The maximum absolute atomic E-state index is 12.2. The van der Waals surface area contributed by atoms with Gasteiger partial charge in [0.15, 0.2) is 0 Å². The fraction of sp³-hybridized carbons (Fsp3) is 0.632. The Morgan fingerprint density at radius 1 is 1.46 bits per heavy atom. The summed E-state index contributed by atoms with van der Waals surface area (Å²) in [5.74, 6) is 1.78. The summed E-state index contributed by atoms with van der Waals surface area (Å²) in [5, 5.41) is 15.1. The molecule has 1 saturated heterocycles. The second-order valence-electron chi connectivity index (χ2n) is 7.80. The minimum absolute atomic E-state index is 0.0263. The summed E-state index contributed by atoms with van der Waals surface area (Å²) in [4.78, 5) is 14.7. The molecule has 0 spiro atoms. The minimum Gasteiger partial charge on any atom is -0.421 e. The molecule has 1 atom stereocenters. The molecule has 3 rings (SSSR count). The molecule has 1 aliphatic heterocycles. The van der Waals surface area contributed by atoms with Gasteiger partial charge in [-0.3, -0.25) is 9.69 Å². The highest BCUT2D eigenvalue weighted by molar-refractivity contribution is 7.08. The molecule has 0 aromatic carbocycles. The number of hydrogen-bond acceptors (Lipinski definition) is 6. The van der Waals surface area contributed by atoms with Crippen molar-refractivity contribution in [2.75, 3.05) is 19.6 Å². The smallest absolute Gasteiger partial charge is 0.248 e. The van der Waals surface area contributed by atoms with Crippen molar-refractivity contribution in [1.29, 1.82) is 0 Å². The van der Waals surface area contributed by atoms with Gasteiger partial charge in [0.05, 0.1) is 0 Å². The van der Waals surface area contributed by atoms with Gasteiger partial charge in [0.25, 0.3) is 0 Å². The molecule has 0 aliphatic carbocycles. The number of piperidine rings is 1. The van der Waals surface area contributed by atoms with Crippen molar-refractivity contribution < 1.29 is 9.21 Å². The average Bonchev–Trinajstić information content (AvgIpc) is 3.29. The summed E-state index contributed by atoms with van der Waals surface area (Å²) in [6, 6.07) is 1.94. The third kappa shape index (κ3) is 4.92. The largest absolute Gasteiger partial charge is 0.421 e. The highest BCUT2D eigenvalue weighted by atomic mass is 32.1. The zero-order chi connectivity index (χ0) is 18.6. The quantitative estimate of drug-likeness (QED) is 0.802. The predicted molar refractivity (Wildman–Crippen MR) is 103 cm³/mol. The van der Waals surface area contributed by atoms with Gasteiger partial charge in [-0.05, 0) is 50.6 Å². The highest BCUT2D eigenvalue weighted by Gasteiger charge is 2.30. The summed E-state index contributed by atoms with van der Waals surface area (Å²) in [7, 11) is 0. The van der Waals surface area contributed by atoms with Crippen LogP contribution in [0.3, 0.4) is 0 Å². The number of thiophene rings is 1. The minimum atomic E-state index is -0.0268. The molecule has 2 aromatic heterocycles. The van der Waals surface area contributed by atoms with Gasteiger partial charge < -0.3 is 9.73 Å². The van der Waals surface area contributed by atoms with Crippen LogP contribution in [0, 0.1) is 5.92 Å². The monoisotopic (exact) mass is 376 g/mol. The number of rotatable bonds is 7. The van der Waals surface area contributed by atoms with Gasteiger partial charge in [-0.15, -0.1) is 10.2 Å². The summed E-state index contributed by atoms with van der Waals surface area (Å²) in [6.45, 7) is 9.59. The van der Waals surface area contributed by atoms with Crippen molar-refractivity contribution in [3.8, 4) is 11.5 Å². The third-order valence-electron chi connectivity index (χ3n) is 5.03. The van der Waals surface area contributed by atoms with Gasteiger partial charge >= 0.3 is 0 Å². The molecule has 142 valence electrons. The molecule has 2 aromatic rings. The Morgan fingerprint density at radius 3 is 3.04 bits per heavy atom. The van der Waals surface area contributed by atoms with Crippen molar-refractivity contribution >= 4 is 17.2 Å². The summed E-state index contributed by atoms with van der Waals surface area (Å²) in [6.07, 6.45) is 3.36. The number of aryl methyl sites for hydroxylation is 1. The number of aromatic nitrogens is 2. The molecule has 7 heteroatoms. The van der Waals surface area contributed by atoms with Crippen LogP contribution >= 0.6 is 11.3 Å². The lowest BCUT2D eigenvalue weighted by atomic mass is 9.93. The second kappa shape index (κ2) is 8.31. The maximum Gasteiger partial charge on any atom is 0.248 e. The van der Waals surface area contributed by atoms with Crippen LogP contribution in [-0.4, -0.2) is 46.2 Å². The van der Waals surface area contributed by atoms with Gasteiger partial charge in [-0.1, -0.05) is 6.92 Å². The average molecular weight is 377 g/mol. The van der Waals surface area contributed by atoms with Crippen LogP contribution in [0.2, 0.25) is 0 Å². The maximum atomic E-state index is 12.2. The number of carbonyl (C=O) groups is 1. The zero-order valence-corrected chi connectivity index (χ0v) is 16.6. The van der Waals surface area contributed by atoms with E-state index in [2.05, 4.69) is 41.2 Å². The van der Waals surface area contributed by atoms with E-state index >= 15 is 0 Å². The standard InChI is InChI=1S/C19H28N4O2S/c1-14-5-4-9-23(11-14)19(2,3)13-20-16(24)6-7-17-21-22-18(25-17)15-8-10-26-12-15/h8,10,12,14H,4-7,9,11,13H2,1-3H3,(H,20,24). The third-order valence-corrected chi connectivity index (χ3v) is 5.72. The summed E-state index contributed by atoms with van der Waals surface area (Å²) in [5.41, 5.74) is 0.900. The van der Waals surface area contributed by atoms with Gasteiger partial charge in [0.2, 0.25) is 17.7 Å². The predicted octanol–water partition coefficient (Wildman–Crippen LogP) is 3.36. The fourth-order valence-corrected chi connectivity index (χ4v) is 3.96. The number of amides is 1. The van der Waals surface area contributed by atoms with Crippen molar-refractivity contribution in [3.63, 3.8) is 0 Å². The Bertz CT molecular complexity index is 711. The summed E-state index contributed by atoms with van der Waals surface area (Å²) >= 11 is 1.59. The molecule has 26 heavy (non-hydrogen) atoms. The number of carbonyl (C=O) groups excluding carboxylic acids is 1. The van der Waals surface area contributed by atoms with E-state index in [0.29, 0.717) is 31.2 Å². The number of nitrogens with one attached hydrogen (secondary N) is 1. The zero-order valence-electron chi connectivity index (χ0n) is 15.8. The molecule has 1 N–H and O–H groups in total. The van der Waals surface area contributed by atoms with Gasteiger partial charge in [0, 0.05) is 42.4 Å². The Hall–Kier alpha value is -1.73. The molecule has 0 radical (unpaired) electrons. The topological polar surface area (TPSA) is 71.3 Å². The normalized spacial score (nSPS) is 18.8. The van der Waals surface area contributed by atoms with Gasteiger partial charge in [-0.25, -0.2) is 0 Å². The van der Waals surface area contributed by atoms with E-state index in [1.807, 2.05) is 16.8 Å². The summed E-state index contributed by atoms with van der Waals surface area (Å²) < 4.78 is 5.63. The first-order chi connectivity index (χ1) is 12.4. The van der Waals surface area contributed by atoms with E-state index in [9.17, 15) is 4.79 Å². The molecular formula is C19H28N4O2S. The Kier molecular flexibility index (Phi) is 6.09.